The van der Waals surface area contributed by atoms with Gasteiger partial charge in [0.2, 0.25) is 0 Å². The molecular formula is C18H27N5S2. The van der Waals surface area contributed by atoms with Crippen molar-refractivity contribution in [2.75, 3.05) is 20.1 Å². The molecule has 7 heteroatoms. The summed E-state index contributed by atoms with van der Waals surface area (Å²) in [6, 6.07) is 2.74. The number of hydrogen-bond donors (Lipinski definition) is 2. The third kappa shape index (κ3) is 4.59. The molecular weight excluding hydrogens is 350 g/mol. The lowest BCUT2D eigenvalue weighted by Crippen LogP contribution is -2.47. The second-order valence-electron chi connectivity index (χ2n) is 6.49. The molecule has 0 radical (unpaired) electrons. The molecule has 0 bridgehead atoms. The second-order valence-corrected chi connectivity index (χ2v) is 8.78. The molecule has 1 unspecified atom stereocenters. The van der Waals surface area contributed by atoms with E-state index < -0.39 is 0 Å². The SMILES string of the molecule is CN=C(NCc1sc(C)nc1C)NCC(C)N1CCc2sccc2C1. The van der Waals surface area contributed by atoms with Crippen LogP contribution in [-0.4, -0.2) is 42.0 Å². The van der Waals surface area contributed by atoms with Crippen LogP contribution in [0.5, 0.6) is 0 Å². The molecule has 0 amide bonds. The smallest absolute Gasteiger partial charge is 0.191 e. The maximum absolute atomic E-state index is 4.48. The molecule has 136 valence electrons. The van der Waals surface area contributed by atoms with Crippen molar-refractivity contribution in [3.05, 3.63) is 37.5 Å². The minimum atomic E-state index is 0.471. The van der Waals surface area contributed by atoms with Gasteiger partial charge in [0.15, 0.2) is 5.96 Å². The van der Waals surface area contributed by atoms with Crippen LogP contribution in [0.4, 0.5) is 0 Å². The van der Waals surface area contributed by atoms with Crippen molar-refractivity contribution >= 4 is 28.6 Å². The van der Waals surface area contributed by atoms with Crippen molar-refractivity contribution in [3.8, 4) is 0 Å². The lowest BCUT2D eigenvalue weighted by Gasteiger charge is -2.32. The van der Waals surface area contributed by atoms with Gasteiger partial charge in [0.1, 0.15) is 0 Å². The first-order valence-electron chi connectivity index (χ1n) is 8.73. The third-order valence-electron chi connectivity index (χ3n) is 4.67. The number of hydrogen-bond acceptors (Lipinski definition) is 5. The second kappa shape index (κ2) is 8.29. The fraction of sp³-hybridized carbons (Fsp3) is 0.556. The van der Waals surface area contributed by atoms with Crippen molar-refractivity contribution in [2.45, 2.75) is 46.3 Å². The van der Waals surface area contributed by atoms with Crippen LogP contribution in [0.3, 0.4) is 0 Å². The van der Waals surface area contributed by atoms with Gasteiger partial charge in [-0.2, -0.15) is 0 Å². The number of aliphatic imine (C=N–C) groups is 1. The molecule has 0 aliphatic carbocycles. The Bertz CT molecular complexity index is 734. The highest BCUT2D eigenvalue weighted by Gasteiger charge is 2.21. The highest BCUT2D eigenvalue weighted by molar-refractivity contribution is 7.11. The van der Waals surface area contributed by atoms with E-state index in [0.29, 0.717) is 6.04 Å². The summed E-state index contributed by atoms with van der Waals surface area (Å²) in [5.74, 6) is 0.852. The number of aryl methyl sites for hydroxylation is 2. The summed E-state index contributed by atoms with van der Waals surface area (Å²) < 4.78 is 0. The summed E-state index contributed by atoms with van der Waals surface area (Å²) in [5, 5.41) is 10.2. The highest BCUT2D eigenvalue weighted by atomic mass is 32.1. The van der Waals surface area contributed by atoms with Gasteiger partial charge in [-0.05, 0) is 44.2 Å². The van der Waals surface area contributed by atoms with E-state index in [-0.39, 0.29) is 0 Å². The molecule has 0 saturated heterocycles. The van der Waals surface area contributed by atoms with Gasteiger partial charge in [0.25, 0.3) is 0 Å². The Kier molecular flexibility index (Phi) is 6.09. The van der Waals surface area contributed by atoms with E-state index in [1.54, 1.807) is 16.2 Å². The number of aromatic nitrogens is 1. The van der Waals surface area contributed by atoms with Crippen LogP contribution in [-0.2, 0) is 19.5 Å². The number of guanidine groups is 1. The summed E-state index contributed by atoms with van der Waals surface area (Å²) in [5.41, 5.74) is 2.61. The Morgan fingerprint density at radius 2 is 2.24 bits per heavy atom. The number of nitrogens with one attached hydrogen (secondary N) is 2. The predicted molar refractivity (Wildman–Crippen MR) is 108 cm³/mol. The molecule has 3 heterocycles. The van der Waals surface area contributed by atoms with E-state index in [2.05, 4.69) is 50.8 Å². The van der Waals surface area contributed by atoms with E-state index in [4.69, 9.17) is 0 Å². The van der Waals surface area contributed by atoms with E-state index >= 15 is 0 Å². The van der Waals surface area contributed by atoms with Crippen molar-refractivity contribution in [3.63, 3.8) is 0 Å². The van der Waals surface area contributed by atoms with Crippen LogP contribution in [0.1, 0.15) is 32.9 Å². The molecule has 1 atom stereocenters. The number of thiophene rings is 1. The number of nitrogens with zero attached hydrogens (tertiary/aromatic N) is 3. The van der Waals surface area contributed by atoms with Gasteiger partial charge in [-0.25, -0.2) is 4.98 Å². The molecule has 0 fully saturated rings. The summed E-state index contributed by atoms with van der Waals surface area (Å²) in [6.07, 6.45) is 1.17. The maximum atomic E-state index is 4.48. The van der Waals surface area contributed by atoms with Crippen LogP contribution in [0.25, 0.3) is 0 Å². The standard InChI is InChI=1S/C18H27N5S2/c1-12(23-7-5-16-15(11-23)6-8-24-16)9-20-18(19-4)21-10-17-13(2)22-14(3)25-17/h6,8,12H,5,7,9-11H2,1-4H3,(H2,19,20,21). The number of rotatable bonds is 5. The lowest BCUT2D eigenvalue weighted by molar-refractivity contribution is 0.192. The summed E-state index contributed by atoms with van der Waals surface area (Å²) >= 11 is 3.64. The van der Waals surface area contributed by atoms with Gasteiger partial charge in [-0.1, -0.05) is 0 Å². The largest absolute Gasteiger partial charge is 0.355 e. The minimum Gasteiger partial charge on any atom is -0.355 e. The van der Waals surface area contributed by atoms with Gasteiger partial charge in [0.05, 0.1) is 17.2 Å². The third-order valence-corrected chi connectivity index (χ3v) is 6.76. The lowest BCUT2D eigenvalue weighted by atomic mass is 10.1. The van der Waals surface area contributed by atoms with Gasteiger partial charge < -0.3 is 10.6 Å². The molecule has 0 saturated carbocycles. The zero-order valence-corrected chi connectivity index (χ0v) is 17.1. The molecule has 0 aromatic carbocycles. The first-order chi connectivity index (χ1) is 12.1. The normalized spacial score (nSPS) is 16.6. The predicted octanol–water partition coefficient (Wildman–Crippen LogP) is 2.93. The summed E-state index contributed by atoms with van der Waals surface area (Å²) in [4.78, 5) is 14.2. The van der Waals surface area contributed by atoms with Crippen LogP contribution >= 0.6 is 22.7 Å². The van der Waals surface area contributed by atoms with Gasteiger partial charge in [0, 0.05) is 42.5 Å². The maximum Gasteiger partial charge on any atom is 0.191 e. The first kappa shape index (κ1) is 18.4. The number of thiazole rings is 1. The van der Waals surface area contributed by atoms with Crippen molar-refractivity contribution in [2.24, 2.45) is 4.99 Å². The first-order valence-corrected chi connectivity index (χ1v) is 10.4. The Labute approximate surface area is 158 Å². The van der Waals surface area contributed by atoms with Gasteiger partial charge in [-0.15, -0.1) is 22.7 Å². The fourth-order valence-corrected chi connectivity index (χ4v) is 4.91. The van der Waals surface area contributed by atoms with Gasteiger partial charge >= 0.3 is 0 Å². The Morgan fingerprint density at radius 3 is 2.96 bits per heavy atom. The van der Waals surface area contributed by atoms with E-state index in [9.17, 15) is 0 Å². The van der Waals surface area contributed by atoms with Crippen LogP contribution in [0.2, 0.25) is 0 Å². The average Bonchev–Trinajstić information content (AvgIpc) is 3.19. The van der Waals surface area contributed by atoms with Crippen molar-refractivity contribution < 1.29 is 0 Å². The molecule has 3 rings (SSSR count). The monoisotopic (exact) mass is 377 g/mol. The fourth-order valence-electron chi connectivity index (χ4n) is 3.14. The molecule has 2 aromatic rings. The molecule has 25 heavy (non-hydrogen) atoms. The highest BCUT2D eigenvalue weighted by Crippen LogP contribution is 2.25. The molecule has 5 nitrogen and oxygen atoms in total. The molecule has 0 spiro atoms. The Morgan fingerprint density at radius 1 is 1.40 bits per heavy atom. The summed E-state index contributed by atoms with van der Waals surface area (Å²) in [6.45, 7) is 10.3. The van der Waals surface area contributed by atoms with E-state index in [0.717, 1.165) is 42.8 Å². The van der Waals surface area contributed by atoms with E-state index in [1.165, 1.54) is 16.9 Å². The zero-order chi connectivity index (χ0) is 17.8. The van der Waals surface area contributed by atoms with Crippen LogP contribution in [0, 0.1) is 13.8 Å². The van der Waals surface area contributed by atoms with Crippen LogP contribution in [0.15, 0.2) is 16.4 Å². The van der Waals surface area contributed by atoms with Crippen molar-refractivity contribution in [1.82, 2.24) is 20.5 Å². The molecule has 1 aliphatic heterocycles. The zero-order valence-electron chi connectivity index (χ0n) is 15.4. The summed E-state index contributed by atoms with van der Waals surface area (Å²) in [7, 11) is 1.82. The Hall–Kier alpha value is -1.44. The number of fused-ring (bicyclic) bond motifs is 1. The average molecular weight is 378 g/mol. The topological polar surface area (TPSA) is 52.6 Å². The molecule has 2 aromatic heterocycles. The minimum absolute atomic E-state index is 0.471. The van der Waals surface area contributed by atoms with Crippen molar-refractivity contribution in [1.29, 1.82) is 0 Å². The molecule has 2 N–H and O–H groups in total. The quantitative estimate of drug-likeness (QED) is 0.621. The molecule has 1 aliphatic rings. The van der Waals surface area contributed by atoms with Gasteiger partial charge in [-0.3, -0.25) is 9.89 Å². The Balaban J connectivity index is 1.47. The van der Waals surface area contributed by atoms with Crippen LogP contribution < -0.4 is 10.6 Å². The van der Waals surface area contributed by atoms with E-state index in [1.807, 2.05) is 25.3 Å².